The number of benzene rings is 1. The van der Waals surface area contributed by atoms with Gasteiger partial charge in [-0.3, -0.25) is 4.79 Å². The summed E-state index contributed by atoms with van der Waals surface area (Å²) in [5.74, 6) is -1.22. The molecule has 21 heavy (non-hydrogen) atoms. The highest BCUT2D eigenvalue weighted by Crippen LogP contribution is 2.48. The van der Waals surface area contributed by atoms with E-state index in [1.807, 2.05) is 12.1 Å². The van der Waals surface area contributed by atoms with Gasteiger partial charge in [-0.1, -0.05) is 32.9 Å². The first-order valence-corrected chi connectivity index (χ1v) is 7.07. The number of carboxylic acids is 1. The summed E-state index contributed by atoms with van der Waals surface area (Å²) in [4.78, 5) is 23.9. The maximum Gasteiger partial charge on any atom is 0.326 e. The van der Waals surface area contributed by atoms with Crippen LogP contribution in [-0.4, -0.2) is 23.0 Å². The van der Waals surface area contributed by atoms with E-state index >= 15 is 0 Å². The maximum absolute atomic E-state index is 12.6. The minimum Gasteiger partial charge on any atom is -0.480 e. The first-order chi connectivity index (χ1) is 9.67. The molecule has 1 aliphatic carbocycles. The van der Waals surface area contributed by atoms with Crippen molar-refractivity contribution >= 4 is 17.6 Å². The Labute approximate surface area is 124 Å². The van der Waals surface area contributed by atoms with Crippen LogP contribution < -0.4 is 11.1 Å². The molecule has 1 aromatic rings. The first kappa shape index (κ1) is 15.4. The molecular formula is C16H22N2O3. The second-order valence-electron chi connectivity index (χ2n) is 6.81. The lowest BCUT2D eigenvalue weighted by Crippen LogP contribution is -2.52. The Kier molecular flexibility index (Phi) is 3.70. The minimum absolute atomic E-state index is 0.213. The van der Waals surface area contributed by atoms with Crippen LogP contribution in [0.1, 0.15) is 39.2 Å². The highest BCUT2D eigenvalue weighted by atomic mass is 16.4. The SMILES string of the molecule is CC(C)(C)[C@H](NC(=O)C1(c2ccc(N)cc2)CC1)C(=O)O. The molecule has 5 heteroatoms. The smallest absolute Gasteiger partial charge is 0.326 e. The van der Waals surface area contributed by atoms with E-state index in [9.17, 15) is 14.7 Å². The Balaban J connectivity index is 2.20. The summed E-state index contributed by atoms with van der Waals surface area (Å²) in [6.45, 7) is 5.40. The predicted octanol–water partition coefficient (Wildman–Crippen LogP) is 1.92. The Bertz CT molecular complexity index is 554. The van der Waals surface area contributed by atoms with Gasteiger partial charge in [0.15, 0.2) is 0 Å². The van der Waals surface area contributed by atoms with E-state index in [1.54, 1.807) is 32.9 Å². The summed E-state index contributed by atoms with van der Waals surface area (Å²) in [5, 5.41) is 12.0. The molecule has 1 saturated carbocycles. The van der Waals surface area contributed by atoms with E-state index in [0.717, 1.165) is 18.4 Å². The van der Waals surface area contributed by atoms with Crippen LogP contribution in [0.15, 0.2) is 24.3 Å². The van der Waals surface area contributed by atoms with Crippen molar-refractivity contribution in [3.63, 3.8) is 0 Å². The molecule has 0 unspecified atom stereocenters. The summed E-state index contributed by atoms with van der Waals surface area (Å²) < 4.78 is 0. The highest BCUT2D eigenvalue weighted by Gasteiger charge is 2.52. The van der Waals surface area contributed by atoms with Gasteiger partial charge in [0.05, 0.1) is 5.41 Å². The number of hydrogen-bond donors (Lipinski definition) is 3. The molecule has 1 amide bonds. The molecule has 1 fully saturated rings. The molecule has 0 spiro atoms. The largest absolute Gasteiger partial charge is 0.480 e. The summed E-state index contributed by atoms with van der Waals surface area (Å²) in [6, 6.07) is 6.31. The van der Waals surface area contributed by atoms with Crippen LogP contribution in [0.25, 0.3) is 0 Å². The molecule has 1 aromatic carbocycles. The van der Waals surface area contributed by atoms with Gasteiger partial charge in [-0.25, -0.2) is 4.79 Å². The number of amides is 1. The predicted molar refractivity (Wildman–Crippen MR) is 80.8 cm³/mol. The lowest BCUT2D eigenvalue weighted by molar-refractivity contribution is -0.145. The molecular weight excluding hydrogens is 268 g/mol. The van der Waals surface area contributed by atoms with Crippen molar-refractivity contribution in [1.82, 2.24) is 5.32 Å². The number of carboxylic acid groups (broad SMARTS) is 1. The third-order valence-electron chi connectivity index (χ3n) is 4.04. The molecule has 0 aromatic heterocycles. The monoisotopic (exact) mass is 290 g/mol. The van der Waals surface area contributed by atoms with Gasteiger partial charge >= 0.3 is 5.97 Å². The van der Waals surface area contributed by atoms with Crippen LogP contribution in [0.3, 0.4) is 0 Å². The molecule has 0 heterocycles. The zero-order chi connectivity index (χ0) is 15.8. The highest BCUT2D eigenvalue weighted by molar-refractivity contribution is 5.94. The zero-order valence-corrected chi connectivity index (χ0v) is 12.6. The molecule has 0 aliphatic heterocycles. The molecule has 0 radical (unpaired) electrons. The topological polar surface area (TPSA) is 92.4 Å². The lowest BCUT2D eigenvalue weighted by atomic mass is 9.85. The Morgan fingerprint density at radius 1 is 1.24 bits per heavy atom. The Hall–Kier alpha value is -2.04. The van der Waals surface area contributed by atoms with Crippen LogP contribution in [0.4, 0.5) is 5.69 Å². The normalized spacial score (nSPS) is 17.9. The Morgan fingerprint density at radius 2 is 1.76 bits per heavy atom. The van der Waals surface area contributed by atoms with Gasteiger partial charge in [-0.05, 0) is 36.0 Å². The van der Waals surface area contributed by atoms with E-state index in [0.29, 0.717) is 5.69 Å². The van der Waals surface area contributed by atoms with Crippen molar-refractivity contribution in [2.75, 3.05) is 5.73 Å². The summed E-state index contributed by atoms with van der Waals surface area (Å²) in [7, 11) is 0. The van der Waals surface area contributed by atoms with Crippen molar-refractivity contribution < 1.29 is 14.7 Å². The van der Waals surface area contributed by atoms with Crippen LogP contribution in [-0.2, 0) is 15.0 Å². The second kappa shape index (κ2) is 5.06. The molecule has 4 N–H and O–H groups in total. The van der Waals surface area contributed by atoms with Crippen molar-refractivity contribution in [3.05, 3.63) is 29.8 Å². The van der Waals surface area contributed by atoms with Crippen molar-refractivity contribution in [2.45, 2.75) is 45.1 Å². The number of anilines is 1. The fourth-order valence-electron chi connectivity index (χ4n) is 2.49. The van der Waals surface area contributed by atoms with Gasteiger partial charge < -0.3 is 16.2 Å². The van der Waals surface area contributed by atoms with Crippen molar-refractivity contribution in [2.24, 2.45) is 5.41 Å². The van der Waals surface area contributed by atoms with Gasteiger partial charge in [-0.2, -0.15) is 0 Å². The fraction of sp³-hybridized carbons (Fsp3) is 0.500. The van der Waals surface area contributed by atoms with Crippen molar-refractivity contribution in [3.8, 4) is 0 Å². The van der Waals surface area contributed by atoms with Crippen LogP contribution in [0.5, 0.6) is 0 Å². The van der Waals surface area contributed by atoms with Gasteiger partial charge in [-0.15, -0.1) is 0 Å². The fourth-order valence-corrected chi connectivity index (χ4v) is 2.49. The van der Waals surface area contributed by atoms with E-state index in [2.05, 4.69) is 5.32 Å². The summed E-state index contributed by atoms with van der Waals surface area (Å²) in [5.41, 5.74) is 6.07. The number of nitrogens with two attached hydrogens (primary N) is 1. The number of carbonyl (C=O) groups is 2. The zero-order valence-electron chi connectivity index (χ0n) is 12.6. The van der Waals surface area contributed by atoms with E-state index in [-0.39, 0.29) is 5.91 Å². The number of aliphatic carboxylic acids is 1. The molecule has 114 valence electrons. The van der Waals surface area contributed by atoms with Crippen LogP contribution in [0, 0.1) is 5.41 Å². The molecule has 5 nitrogen and oxygen atoms in total. The van der Waals surface area contributed by atoms with E-state index in [1.165, 1.54) is 0 Å². The summed E-state index contributed by atoms with van der Waals surface area (Å²) >= 11 is 0. The standard InChI is InChI=1S/C16H22N2O3/c1-15(2,3)12(13(19)20)18-14(21)16(8-9-16)10-4-6-11(17)7-5-10/h4-7,12H,8-9,17H2,1-3H3,(H,18,21)(H,19,20)/t12-/m1/s1. The number of carbonyl (C=O) groups excluding carboxylic acids is 1. The van der Waals surface area contributed by atoms with Gasteiger partial charge in [0.25, 0.3) is 0 Å². The molecule has 1 aliphatic rings. The van der Waals surface area contributed by atoms with Crippen molar-refractivity contribution in [1.29, 1.82) is 0 Å². The van der Waals surface area contributed by atoms with Gasteiger partial charge in [0, 0.05) is 5.69 Å². The third-order valence-corrected chi connectivity index (χ3v) is 4.04. The average Bonchev–Trinajstić information content (AvgIpc) is 3.16. The lowest BCUT2D eigenvalue weighted by Gasteiger charge is -2.29. The van der Waals surface area contributed by atoms with E-state index < -0.39 is 22.8 Å². The number of nitrogens with one attached hydrogen (secondary N) is 1. The Morgan fingerprint density at radius 3 is 2.14 bits per heavy atom. The maximum atomic E-state index is 12.6. The first-order valence-electron chi connectivity index (χ1n) is 7.07. The van der Waals surface area contributed by atoms with Crippen LogP contribution in [0.2, 0.25) is 0 Å². The third kappa shape index (κ3) is 3.01. The van der Waals surface area contributed by atoms with E-state index in [4.69, 9.17) is 5.73 Å². The second-order valence-corrected chi connectivity index (χ2v) is 6.81. The quantitative estimate of drug-likeness (QED) is 0.739. The average molecular weight is 290 g/mol. The number of hydrogen-bond acceptors (Lipinski definition) is 3. The molecule has 0 saturated heterocycles. The van der Waals surface area contributed by atoms with Gasteiger partial charge in [0.2, 0.25) is 5.91 Å². The van der Waals surface area contributed by atoms with Crippen LogP contribution >= 0.6 is 0 Å². The summed E-state index contributed by atoms with van der Waals surface area (Å²) in [6.07, 6.45) is 1.47. The molecule has 2 rings (SSSR count). The van der Waals surface area contributed by atoms with Gasteiger partial charge in [0.1, 0.15) is 6.04 Å². The minimum atomic E-state index is -1.01. The number of nitrogen functional groups attached to an aromatic ring is 1. The molecule has 1 atom stereocenters. The molecule has 0 bridgehead atoms. The number of rotatable bonds is 4.